The van der Waals surface area contributed by atoms with Crippen LogP contribution in [-0.4, -0.2) is 26.5 Å². The normalized spacial score (nSPS) is 17.0. The molecule has 102 valence electrons. The van der Waals surface area contributed by atoms with Crippen LogP contribution < -0.4 is 4.57 Å². The lowest BCUT2D eigenvalue weighted by molar-refractivity contribution is -0.111. The highest BCUT2D eigenvalue weighted by Crippen LogP contribution is 2.35. The van der Waals surface area contributed by atoms with Gasteiger partial charge < -0.3 is 9.40 Å². The van der Waals surface area contributed by atoms with Gasteiger partial charge in [0.2, 0.25) is 0 Å². The summed E-state index contributed by atoms with van der Waals surface area (Å²) in [6, 6.07) is 5.44. The molecule has 0 bridgehead atoms. The minimum absolute atomic E-state index is 0.0927. The van der Waals surface area contributed by atoms with E-state index in [0.717, 1.165) is 11.3 Å². The molecular weight excluding hydrogens is 280 g/mol. The zero-order valence-corrected chi connectivity index (χ0v) is 13.3. The molecule has 0 aliphatic carbocycles. The zero-order chi connectivity index (χ0) is 14.2. The Bertz CT molecular complexity index is 552. The highest BCUT2D eigenvalue weighted by Gasteiger charge is 2.41. The van der Waals surface area contributed by atoms with Crippen molar-refractivity contribution in [3.63, 3.8) is 0 Å². The maximum Gasteiger partial charge on any atom is 0.273 e. The Morgan fingerprint density at radius 1 is 1.37 bits per heavy atom. The van der Waals surface area contributed by atoms with Crippen LogP contribution in [0.2, 0.25) is 24.7 Å². The summed E-state index contributed by atoms with van der Waals surface area (Å²) in [5, 5.41) is 4.55. The molecule has 0 unspecified atom stereocenters. The summed E-state index contributed by atoms with van der Waals surface area (Å²) >= 11 is 6.02. The van der Waals surface area contributed by atoms with Crippen LogP contribution >= 0.6 is 11.6 Å². The molecule has 0 saturated carbocycles. The molecule has 2 rings (SSSR count). The molecule has 1 aliphatic heterocycles. The third kappa shape index (κ3) is 2.53. The topological polar surface area (TPSA) is 41.9 Å². The summed E-state index contributed by atoms with van der Waals surface area (Å²) in [4.78, 5) is 17.6. The number of halogens is 1. The molecule has 1 aromatic carbocycles. The van der Waals surface area contributed by atoms with Crippen LogP contribution in [0.15, 0.2) is 23.4 Å². The Morgan fingerprint density at radius 2 is 2.05 bits per heavy atom. The fraction of sp³-hybridized carbons (Fsp3) is 0.385. The van der Waals surface area contributed by atoms with E-state index in [9.17, 15) is 4.79 Å². The zero-order valence-electron chi connectivity index (χ0n) is 11.5. The standard InChI is InChI=1S/C13H17ClN2O2Si/c1-5-18-15-12-10-8-9(14)6-7-11(10)16(13(12)17)19(2,3)4/h6-8H,5H2,1-4H3/b15-12-. The molecule has 0 spiro atoms. The Kier molecular flexibility index (Phi) is 3.69. The van der Waals surface area contributed by atoms with Gasteiger partial charge in [0.05, 0.1) is 0 Å². The molecule has 19 heavy (non-hydrogen) atoms. The van der Waals surface area contributed by atoms with Crippen LogP contribution in [0, 0.1) is 0 Å². The van der Waals surface area contributed by atoms with Gasteiger partial charge in [-0.1, -0.05) is 36.4 Å². The molecule has 4 nitrogen and oxygen atoms in total. The first-order valence-corrected chi connectivity index (χ1v) is 10.0. The molecule has 0 fully saturated rings. The number of benzene rings is 1. The number of fused-ring (bicyclic) bond motifs is 1. The van der Waals surface area contributed by atoms with E-state index in [2.05, 4.69) is 24.8 Å². The van der Waals surface area contributed by atoms with E-state index in [1.54, 1.807) is 12.1 Å². The van der Waals surface area contributed by atoms with E-state index >= 15 is 0 Å². The molecule has 6 heteroatoms. The predicted molar refractivity (Wildman–Crippen MR) is 80.4 cm³/mol. The van der Waals surface area contributed by atoms with Gasteiger partial charge in [0, 0.05) is 16.3 Å². The SMILES string of the molecule is CCO/N=C1\C(=O)N([Si](C)(C)C)c2ccc(Cl)cc21. The van der Waals surface area contributed by atoms with E-state index in [1.165, 1.54) is 0 Å². The number of carbonyl (C=O) groups excluding carboxylic acids is 1. The third-order valence-electron chi connectivity index (χ3n) is 2.82. The Labute approximate surface area is 119 Å². The second-order valence-electron chi connectivity index (χ2n) is 5.33. The van der Waals surface area contributed by atoms with Crippen molar-refractivity contribution >= 4 is 37.1 Å². The second kappa shape index (κ2) is 4.98. The Balaban J connectivity index is 2.59. The fourth-order valence-corrected chi connectivity index (χ4v) is 3.91. The lowest BCUT2D eigenvalue weighted by Gasteiger charge is -2.30. The number of hydrogen-bond donors (Lipinski definition) is 0. The molecule has 1 aromatic rings. The van der Waals surface area contributed by atoms with Gasteiger partial charge in [-0.3, -0.25) is 4.79 Å². The minimum Gasteiger partial charge on any atom is -0.395 e. The second-order valence-corrected chi connectivity index (χ2v) is 10.6. The lowest BCUT2D eigenvalue weighted by atomic mass is 10.1. The van der Waals surface area contributed by atoms with Crippen molar-refractivity contribution in [1.82, 2.24) is 0 Å². The number of amides is 1. The van der Waals surface area contributed by atoms with Gasteiger partial charge in [-0.05, 0) is 25.1 Å². The first-order valence-electron chi connectivity index (χ1n) is 6.20. The van der Waals surface area contributed by atoms with Crippen LogP contribution in [0.3, 0.4) is 0 Å². The molecule has 0 aromatic heterocycles. The summed E-state index contributed by atoms with van der Waals surface area (Å²) in [5.41, 5.74) is 1.99. The molecule has 1 amide bonds. The van der Waals surface area contributed by atoms with Crippen LogP contribution in [0.25, 0.3) is 0 Å². The van der Waals surface area contributed by atoms with E-state index in [0.29, 0.717) is 17.3 Å². The average molecular weight is 297 g/mol. The van der Waals surface area contributed by atoms with Gasteiger partial charge in [0.15, 0.2) is 13.9 Å². The summed E-state index contributed by atoms with van der Waals surface area (Å²) in [6.45, 7) is 8.62. The van der Waals surface area contributed by atoms with Gasteiger partial charge in [-0.2, -0.15) is 0 Å². The first-order chi connectivity index (χ1) is 8.86. The van der Waals surface area contributed by atoms with E-state index < -0.39 is 8.24 Å². The van der Waals surface area contributed by atoms with Crippen LogP contribution in [0.1, 0.15) is 12.5 Å². The van der Waals surface area contributed by atoms with Crippen LogP contribution in [0.4, 0.5) is 5.69 Å². The molecule has 1 heterocycles. The number of anilines is 1. The highest BCUT2D eigenvalue weighted by molar-refractivity contribution is 6.87. The lowest BCUT2D eigenvalue weighted by Crippen LogP contribution is -2.49. The number of rotatable bonds is 3. The maximum absolute atomic E-state index is 12.5. The quantitative estimate of drug-likeness (QED) is 0.634. The van der Waals surface area contributed by atoms with Crippen molar-refractivity contribution in [2.24, 2.45) is 5.16 Å². The van der Waals surface area contributed by atoms with Gasteiger partial charge in [-0.15, -0.1) is 0 Å². The first kappa shape index (κ1) is 14.1. The smallest absolute Gasteiger partial charge is 0.273 e. The fourth-order valence-electron chi connectivity index (χ4n) is 2.11. The third-order valence-corrected chi connectivity index (χ3v) is 4.84. The van der Waals surface area contributed by atoms with Crippen molar-refractivity contribution in [2.45, 2.75) is 26.6 Å². The van der Waals surface area contributed by atoms with Crippen molar-refractivity contribution in [2.75, 3.05) is 11.2 Å². The summed E-state index contributed by atoms with van der Waals surface area (Å²) in [7, 11) is -1.83. The summed E-state index contributed by atoms with van der Waals surface area (Å²) < 4.78 is 1.86. The Hall–Kier alpha value is -1.33. The number of carbonyl (C=O) groups is 1. The van der Waals surface area contributed by atoms with Crippen molar-refractivity contribution < 1.29 is 9.63 Å². The van der Waals surface area contributed by atoms with Gasteiger partial charge in [-0.25, -0.2) is 0 Å². The average Bonchev–Trinajstić information content (AvgIpc) is 2.58. The van der Waals surface area contributed by atoms with Crippen LogP contribution in [0.5, 0.6) is 0 Å². The monoisotopic (exact) mass is 296 g/mol. The molecule has 0 radical (unpaired) electrons. The van der Waals surface area contributed by atoms with E-state index in [-0.39, 0.29) is 5.91 Å². The molecule has 0 atom stereocenters. The molecule has 0 N–H and O–H groups in total. The highest BCUT2D eigenvalue weighted by atomic mass is 35.5. The number of hydrogen-bond acceptors (Lipinski definition) is 3. The van der Waals surface area contributed by atoms with Gasteiger partial charge in [0.1, 0.15) is 6.61 Å². The van der Waals surface area contributed by atoms with E-state index in [1.807, 2.05) is 17.6 Å². The summed E-state index contributed by atoms with van der Waals surface area (Å²) in [5.74, 6) is -0.0927. The maximum atomic E-state index is 12.5. The minimum atomic E-state index is -1.83. The molecule has 1 aliphatic rings. The van der Waals surface area contributed by atoms with Crippen LogP contribution in [-0.2, 0) is 9.63 Å². The van der Waals surface area contributed by atoms with Crippen molar-refractivity contribution in [1.29, 1.82) is 0 Å². The molecular formula is C13H17ClN2O2Si. The predicted octanol–water partition coefficient (Wildman–Crippen LogP) is 3.26. The van der Waals surface area contributed by atoms with Crippen molar-refractivity contribution in [3.05, 3.63) is 28.8 Å². The number of nitrogens with zero attached hydrogens (tertiary/aromatic N) is 2. The van der Waals surface area contributed by atoms with E-state index in [4.69, 9.17) is 16.4 Å². The van der Waals surface area contributed by atoms with Gasteiger partial charge >= 0.3 is 0 Å². The summed E-state index contributed by atoms with van der Waals surface area (Å²) in [6.07, 6.45) is 0. The Morgan fingerprint density at radius 3 is 2.63 bits per heavy atom. The largest absolute Gasteiger partial charge is 0.395 e. The number of oxime groups is 1. The van der Waals surface area contributed by atoms with Crippen molar-refractivity contribution in [3.8, 4) is 0 Å². The van der Waals surface area contributed by atoms with Gasteiger partial charge in [0.25, 0.3) is 5.91 Å². The molecule has 0 saturated heterocycles.